The molecule has 0 aliphatic carbocycles. The summed E-state index contributed by atoms with van der Waals surface area (Å²) in [6, 6.07) is 9.96. The molecular formula is C20H29N3O3. The van der Waals surface area contributed by atoms with Crippen molar-refractivity contribution < 1.29 is 13.9 Å². The third-order valence-electron chi connectivity index (χ3n) is 3.78. The molecule has 142 valence electrons. The molecule has 0 radical (unpaired) electrons. The second-order valence-electron chi connectivity index (χ2n) is 5.65. The minimum atomic E-state index is 0.619. The van der Waals surface area contributed by atoms with Gasteiger partial charge in [-0.3, -0.25) is 4.99 Å². The quantitative estimate of drug-likeness (QED) is 0.504. The van der Waals surface area contributed by atoms with E-state index >= 15 is 0 Å². The third-order valence-corrected chi connectivity index (χ3v) is 3.78. The molecule has 1 aromatic heterocycles. The minimum absolute atomic E-state index is 0.619. The Morgan fingerprint density at radius 1 is 1.00 bits per heavy atom. The SMILES string of the molecule is CCOc1ccc(CCNC(=NC)NCCc2ccco2)cc1OCC. The van der Waals surface area contributed by atoms with Crippen LogP contribution < -0.4 is 20.1 Å². The largest absolute Gasteiger partial charge is 0.490 e. The number of aliphatic imine (C=N–C) groups is 1. The second kappa shape index (κ2) is 11.1. The molecule has 6 heteroatoms. The monoisotopic (exact) mass is 359 g/mol. The summed E-state index contributed by atoms with van der Waals surface area (Å²) < 4.78 is 16.6. The molecule has 0 bridgehead atoms. The third kappa shape index (κ3) is 6.35. The van der Waals surface area contributed by atoms with Gasteiger partial charge in [0.15, 0.2) is 17.5 Å². The summed E-state index contributed by atoms with van der Waals surface area (Å²) in [5, 5.41) is 6.61. The van der Waals surface area contributed by atoms with Crippen molar-refractivity contribution in [3.8, 4) is 11.5 Å². The van der Waals surface area contributed by atoms with Crippen LogP contribution in [0.1, 0.15) is 25.2 Å². The summed E-state index contributed by atoms with van der Waals surface area (Å²) in [5.74, 6) is 3.34. The minimum Gasteiger partial charge on any atom is -0.490 e. The smallest absolute Gasteiger partial charge is 0.191 e. The van der Waals surface area contributed by atoms with Crippen LogP contribution in [0.4, 0.5) is 0 Å². The van der Waals surface area contributed by atoms with Crippen molar-refractivity contribution in [2.45, 2.75) is 26.7 Å². The molecule has 26 heavy (non-hydrogen) atoms. The Hall–Kier alpha value is -2.63. The van der Waals surface area contributed by atoms with Crippen molar-refractivity contribution in [1.29, 1.82) is 0 Å². The van der Waals surface area contributed by atoms with Crippen molar-refractivity contribution in [2.24, 2.45) is 4.99 Å². The van der Waals surface area contributed by atoms with E-state index in [1.54, 1.807) is 13.3 Å². The Labute approximate surface area is 155 Å². The molecule has 2 aromatic rings. The molecule has 2 rings (SSSR count). The number of furan rings is 1. The van der Waals surface area contributed by atoms with Crippen molar-refractivity contribution in [1.82, 2.24) is 10.6 Å². The highest BCUT2D eigenvalue weighted by Gasteiger charge is 2.06. The molecule has 0 saturated carbocycles. The molecule has 1 heterocycles. The fourth-order valence-corrected chi connectivity index (χ4v) is 2.56. The maximum atomic E-state index is 5.68. The van der Waals surface area contributed by atoms with E-state index in [4.69, 9.17) is 13.9 Å². The van der Waals surface area contributed by atoms with Crippen molar-refractivity contribution in [3.63, 3.8) is 0 Å². The van der Waals surface area contributed by atoms with E-state index in [1.165, 1.54) is 5.56 Å². The molecule has 0 aliphatic heterocycles. The zero-order valence-corrected chi connectivity index (χ0v) is 15.9. The van der Waals surface area contributed by atoms with Gasteiger partial charge in [-0.15, -0.1) is 0 Å². The lowest BCUT2D eigenvalue weighted by Crippen LogP contribution is -2.39. The predicted molar refractivity (Wildman–Crippen MR) is 104 cm³/mol. The number of nitrogens with one attached hydrogen (secondary N) is 2. The van der Waals surface area contributed by atoms with E-state index in [9.17, 15) is 0 Å². The molecule has 0 aliphatic rings. The van der Waals surface area contributed by atoms with E-state index in [1.807, 2.05) is 38.1 Å². The highest BCUT2D eigenvalue weighted by molar-refractivity contribution is 5.79. The standard InChI is InChI=1S/C20H29N3O3/c1-4-24-18-9-8-16(15-19(18)25-5-2)10-12-22-20(21-3)23-13-11-17-7-6-14-26-17/h6-9,14-15H,4-5,10-13H2,1-3H3,(H2,21,22,23). The number of guanidine groups is 1. The van der Waals surface area contributed by atoms with Gasteiger partial charge >= 0.3 is 0 Å². The fraction of sp³-hybridized carbons (Fsp3) is 0.450. The second-order valence-corrected chi connectivity index (χ2v) is 5.65. The Balaban J connectivity index is 1.78. The Morgan fingerprint density at radius 2 is 1.73 bits per heavy atom. The number of nitrogens with zero attached hydrogens (tertiary/aromatic N) is 1. The van der Waals surface area contributed by atoms with Gasteiger partial charge in [-0.25, -0.2) is 0 Å². The molecule has 0 fully saturated rings. The van der Waals surface area contributed by atoms with Crippen LogP contribution in [0.3, 0.4) is 0 Å². The van der Waals surface area contributed by atoms with E-state index in [0.717, 1.165) is 49.1 Å². The topological polar surface area (TPSA) is 68.0 Å². The number of rotatable bonds is 10. The highest BCUT2D eigenvalue weighted by Crippen LogP contribution is 2.28. The first-order chi connectivity index (χ1) is 12.8. The van der Waals surface area contributed by atoms with Crippen molar-refractivity contribution >= 4 is 5.96 Å². The molecule has 0 atom stereocenters. The molecular weight excluding hydrogens is 330 g/mol. The first-order valence-corrected chi connectivity index (χ1v) is 9.12. The summed E-state index contributed by atoms with van der Waals surface area (Å²) in [6.07, 6.45) is 3.38. The molecule has 2 N–H and O–H groups in total. The van der Waals surface area contributed by atoms with Gasteiger partial charge in [0.1, 0.15) is 5.76 Å². The normalized spacial score (nSPS) is 11.3. The summed E-state index contributed by atoms with van der Waals surface area (Å²) in [6.45, 7) is 6.74. The Kier molecular flexibility index (Phi) is 8.39. The Morgan fingerprint density at radius 3 is 2.38 bits per heavy atom. The zero-order valence-electron chi connectivity index (χ0n) is 15.9. The number of ether oxygens (including phenoxy) is 2. The average molecular weight is 359 g/mol. The predicted octanol–water partition coefficient (Wildman–Crippen LogP) is 3.03. The van der Waals surface area contributed by atoms with Gasteiger partial charge in [0.25, 0.3) is 0 Å². The van der Waals surface area contributed by atoms with E-state index in [0.29, 0.717) is 13.2 Å². The lowest BCUT2D eigenvalue weighted by atomic mass is 10.1. The van der Waals surface area contributed by atoms with Crippen LogP contribution in [0.25, 0.3) is 0 Å². The van der Waals surface area contributed by atoms with Crippen LogP contribution in [0.2, 0.25) is 0 Å². The maximum Gasteiger partial charge on any atom is 0.191 e. The van der Waals surface area contributed by atoms with Crippen LogP contribution in [0.15, 0.2) is 46.0 Å². The molecule has 0 spiro atoms. The van der Waals surface area contributed by atoms with Gasteiger partial charge < -0.3 is 24.5 Å². The summed E-state index contributed by atoms with van der Waals surface area (Å²) in [7, 11) is 1.77. The van der Waals surface area contributed by atoms with Crippen molar-refractivity contribution in [2.75, 3.05) is 33.4 Å². The van der Waals surface area contributed by atoms with Gasteiger partial charge in [-0.1, -0.05) is 6.07 Å². The van der Waals surface area contributed by atoms with E-state index in [2.05, 4.69) is 21.7 Å². The summed E-state index contributed by atoms with van der Waals surface area (Å²) in [5.41, 5.74) is 1.19. The molecule has 0 amide bonds. The summed E-state index contributed by atoms with van der Waals surface area (Å²) >= 11 is 0. The number of benzene rings is 1. The van der Waals surface area contributed by atoms with Crippen molar-refractivity contribution in [3.05, 3.63) is 47.9 Å². The van der Waals surface area contributed by atoms with Gasteiger partial charge in [0.05, 0.1) is 19.5 Å². The maximum absolute atomic E-state index is 5.68. The number of hydrogen-bond donors (Lipinski definition) is 2. The van der Waals surface area contributed by atoms with Gasteiger partial charge in [0.2, 0.25) is 0 Å². The first-order valence-electron chi connectivity index (χ1n) is 9.12. The lowest BCUT2D eigenvalue weighted by Gasteiger charge is -2.14. The fourth-order valence-electron chi connectivity index (χ4n) is 2.56. The van der Waals surface area contributed by atoms with Crippen LogP contribution >= 0.6 is 0 Å². The van der Waals surface area contributed by atoms with Crippen LogP contribution in [-0.4, -0.2) is 39.3 Å². The van der Waals surface area contributed by atoms with Crippen LogP contribution in [0, 0.1) is 0 Å². The van der Waals surface area contributed by atoms with Gasteiger partial charge in [-0.2, -0.15) is 0 Å². The molecule has 0 saturated heterocycles. The Bertz CT molecular complexity index is 669. The molecule has 0 unspecified atom stereocenters. The lowest BCUT2D eigenvalue weighted by molar-refractivity contribution is 0.287. The first kappa shape index (κ1) is 19.7. The summed E-state index contributed by atoms with van der Waals surface area (Å²) in [4.78, 5) is 4.24. The average Bonchev–Trinajstić information content (AvgIpc) is 3.16. The molecule has 1 aromatic carbocycles. The van der Waals surface area contributed by atoms with Gasteiger partial charge in [0, 0.05) is 26.6 Å². The highest BCUT2D eigenvalue weighted by atomic mass is 16.5. The van der Waals surface area contributed by atoms with Crippen LogP contribution in [-0.2, 0) is 12.8 Å². The zero-order chi connectivity index (χ0) is 18.6. The molecule has 6 nitrogen and oxygen atoms in total. The van der Waals surface area contributed by atoms with Crippen LogP contribution in [0.5, 0.6) is 11.5 Å². The van der Waals surface area contributed by atoms with Gasteiger partial charge in [-0.05, 0) is 50.1 Å². The number of hydrogen-bond acceptors (Lipinski definition) is 4. The van der Waals surface area contributed by atoms with E-state index in [-0.39, 0.29) is 0 Å². The van der Waals surface area contributed by atoms with E-state index < -0.39 is 0 Å².